The molecule has 28 heavy (non-hydrogen) atoms. The summed E-state index contributed by atoms with van der Waals surface area (Å²) in [4.78, 5) is 37.4. The maximum atomic E-state index is 14.2. The topological polar surface area (TPSA) is 117 Å². The molecule has 0 spiro atoms. The Morgan fingerprint density at radius 2 is 1.46 bits per heavy atom. The summed E-state index contributed by atoms with van der Waals surface area (Å²) >= 11 is 0. The largest absolute Gasteiger partial charge is 0.481 e. The first-order valence-electron chi connectivity index (χ1n) is 9.69. The quantitative estimate of drug-likeness (QED) is 0.408. The van der Waals surface area contributed by atoms with E-state index in [4.69, 9.17) is 10.2 Å². The van der Waals surface area contributed by atoms with Crippen LogP contribution in [0.1, 0.15) is 75.5 Å². The van der Waals surface area contributed by atoms with Crippen LogP contribution in [0.3, 0.4) is 0 Å². The summed E-state index contributed by atoms with van der Waals surface area (Å²) in [7, 11) is 0. The van der Waals surface area contributed by atoms with Gasteiger partial charge in [-0.15, -0.1) is 0 Å². The second-order valence-electron chi connectivity index (χ2n) is 6.88. The van der Waals surface area contributed by atoms with Gasteiger partial charge in [0, 0.05) is 30.5 Å². The molecule has 1 aromatic heterocycles. The minimum Gasteiger partial charge on any atom is -0.481 e. The van der Waals surface area contributed by atoms with Crippen LogP contribution in [0.4, 0.5) is 10.2 Å². The molecular formula is C20H29FN2O5. The Labute approximate surface area is 164 Å². The molecule has 0 saturated carbocycles. The van der Waals surface area contributed by atoms with Crippen molar-refractivity contribution in [2.75, 3.05) is 5.32 Å². The van der Waals surface area contributed by atoms with Gasteiger partial charge in [0.15, 0.2) is 0 Å². The predicted molar refractivity (Wildman–Crippen MR) is 103 cm³/mol. The van der Waals surface area contributed by atoms with E-state index in [0.29, 0.717) is 25.0 Å². The molecule has 1 rings (SSSR count). The fourth-order valence-electron chi connectivity index (χ4n) is 2.88. The molecule has 0 aliphatic rings. The third kappa shape index (κ3) is 9.99. The van der Waals surface area contributed by atoms with Gasteiger partial charge in [-0.2, -0.15) is 0 Å². The molecule has 0 atom stereocenters. The lowest BCUT2D eigenvalue weighted by Crippen LogP contribution is -2.15. The van der Waals surface area contributed by atoms with E-state index >= 15 is 0 Å². The Kier molecular flexibility index (Phi) is 10.8. The third-order valence-corrected chi connectivity index (χ3v) is 4.32. The Balaban J connectivity index is 2.41. The summed E-state index contributed by atoms with van der Waals surface area (Å²) in [5.41, 5.74) is 0.676. The molecule has 0 fully saturated rings. The van der Waals surface area contributed by atoms with Crippen LogP contribution in [-0.2, 0) is 20.8 Å². The van der Waals surface area contributed by atoms with Crippen molar-refractivity contribution in [3.05, 3.63) is 23.1 Å². The monoisotopic (exact) mass is 396 g/mol. The number of aliphatic carboxylic acids is 2. The van der Waals surface area contributed by atoms with Gasteiger partial charge in [-0.1, -0.05) is 25.7 Å². The average Bonchev–Trinajstić information content (AvgIpc) is 2.59. The maximum Gasteiger partial charge on any atom is 0.303 e. The third-order valence-electron chi connectivity index (χ3n) is 4.32. The van der Waals surface area contributed by atoms with Crippen molar-refractivity contribution in [2.24, 2.45) is 0 Å². The highest BCUT2D eigenvalue weighted by atomic mass is 19.1. The number of carboxylic acids is 2. The summed E-state index contributed by atoms with van der Waals surface area (Å²) in [6, 6.07) is 1.27. The molecule has 0 aliphatic heterocycles. The summed E-state index contributed by atoms with van der Waals surface area (Å²) in [6.07, 6.45) is 5.83. The van der Waals surface area contributed by atoms with Gasteiger partial charge >= 0.3 is 11.9 Å². The van der Waals surface area contributed by atoms with Gasteiger partial charge in [-0.3, -0.25) is 14.4 Å². The molecule has 0 saturated heterocycles. The number of aromatic nitrogens is 1. The lowest BCUT2D eigenvalue weighted by atomic mass is 10.1. The van der Waals surface area contributed by atoms with Gasteiger partial charge in [0.1, 0.15) is 11.6 Å². The van der Waals surface area contributed by atoms with Crippen molar-refractivity contribution in [1.82, 2.24) is 4.98 Å². The smallest absolute Gasteiger partial charge is 0.303 e. The van der Waals surface area contributed by atoms with Gasteiger partial charge in [0.25, 0.3) is 0 Å². The van der Waals surface area contributed by atoms with E-state index in [1.54, 1.807) is 6.92 Å². The van der Waals surface area contributed by atoms with E-state index < -0.39 is 17.8 Å². The van der Waals surface area contributed by atoms with Crippen LogP contribution in [0.5, 0.6) is 0 Å². The molecule has 0 bridgehead atoms. The second-order valence-corrected chi connectivity index (χ2v) is 6.88. The van der Waals surface area contributed by atoms with Gasteiger partial charge < -0.3 is 15.5 Å². The van der Waals surface area contributed by atoms with Crippen LogP contribution < -0.4 is 5.32 Å². The number of pyridine rings is 1. The van der Waals surface area contributed by atoms with E-state index in [1.807, 2.05) is 0 Å². The van der Waals surface area contributed by atoms with Crippen LogP contribution in [0.25, 0.3) is 0 Å². The molecule has 1 aromatic rings. The first-order valence-corrected chi connectivity index (χ1v) is 9.69. The van der Waals surface area contributed by atoms with Gasteiger partial charge in [0.2, 0.25) is 5.91 Å². The number of carboxylic acid groups (broad SMARTS) is 2. The summed E-state index contributed by atoms with van der Waals surface area (Å²) in [5, 5.41) is 19.9. The standard InChI is InChI=1S/C20H29FN2O5/c1-14-13-16(21)15(9-8-12-19(27)28)20(22-14)23-17(24)10-6-4-2-3-5-7-11-18(25)26/h13H,2-12H2,1H3,(H,25,26)(H,27,28)(H,22,23,24). The summed E-state index contributed by atoms with van der Waals surface area (Å²) < 4.78 is 14.2. The van der Waals surface area contributed by atoms with Gasteiger partial charge in [-0.25, -0.2) is 9.37 Å². The Hall–Kier alpha value is -2.51. The average molecular weight is 396 g/mol. The highest BCUT2D eigenvalue weighted by Crippen LogP contribution is 2.21. The molecule has 0 radical (unpaired) electrons. The van der Waals surface area contributed by atoms with Gasteiger partial charge in [-0.05, 0) is 38.7 Å². The van der Waals surface area contributed by atoms with Gasteiger partial charge in [0.05, 0.1) is 0 Å². The number of anilines is 1. The lowest BCUT2D eigenvalue weighted by Gasteiger charge is -2.12. The SMILES string of the molecule is Cc1cc(F)c(CCCC(=O)O)c(NC(=O)CCCCCCCCC(=O)O)n1. The Bertz CT molecular complexity index is 679. The number of amides is 1. The zero-order valence-electron chi connectivity index (χ0n) is 16.3. The molecular weight excluding hydrogens is 367 g/mol. The minimum atomic E-state index is -0.950. The summed E-state index contributed by atoms with van der Waals surface area (Å²) in [6.45, 7) is 1.63. The van der Waals surface area contributed by atoms with Crippen LogP contribution in [0.2, 0.25) is 0 Å². The number of nitrogens with one attached hydrogen (secondary N) is 1. The van der Waals surface area contributed by atoms with Crippen molar-refractivity contribution in [3.63, 3.8) is 0 Å². The van der Waals surface area contributed by atoms with E-state index in [2.05, 4.69) is 10.3 Å². The zero-order chi connectivity index (χ0) is 20.9. The van der Waals surface area contributed by atoms with Crippen LogP contribution in [0, 0.1) is 12.7 Å². The number of unbranched alkanes of at least 4 members (excludes halogenated alkanes) is 5. The van der Waals surface area contributed by atoms with Crippen LogP contribution in [0.15, 0.2) is 6.07 Å². The highest BCUT2D eigenvalue weighted by Gasteiger charge is 2.14. The van der Waals surface area contributed by atoms with Crippen molar-refractivity contribution in [3.8, 4) is 0 Å². The van der Waals surface area contributed by atoms with Crippen molar-refractivity contribution in [2.45, 2.75) is 77.6 Å². The first kappa shape index (κ1) is 23.5. The number of carbonyl (C=O) groups excluding carboxylic acids is 1. The fourth-order valence-corrected chi connectivity index (χ4v) is 2.88. The molecule has 3 N–H and O–H groups in total. The molecule has 1 heterocycles. The number of hydrogen-bond donors (Lipinski definition) is 3. The normalized spacial score (nSPS) is 10.6. The Morgan fingerprint density at radius 3 is 2.07 bits per heavy atom. The number of rotatable bonds is 14. The number of aryl methyl sites for hydroxylation is 1. The number of nitrogens with zero attached hydrogens (tertiary/aromatic N) is 1. The van der Waals surface area contributed by atoms with E-state index in [9.17, 15) is 18.8 Å². The van der Waals surface area contributed by atoms with Crippen LogP contribution >= 0.6 is 0 Å². The molecule has 7 nitrogen and oxygen atoms in total. The number of hydrogen-bond acceptors (Lipinski definition) is 4. The molecule has 8 heteroatoms. The zero-order valence-corrected chi connectivity index (χ0v) is 16.3. The molecule has 156 valence electrons. The van der Waals surface area contributed by atoms with E-state index in [-0.39, 0.29) is 43.0 Å². The van der Waals surface area contributed by atoms with E-state index in [0.717, 1.165) is 25.7 Å². The van der Waals surface area contributed by atoms with Crippen LogP contribution in [-0.4, -0.2) is 33.0 Å². The maximum absolute atomic E-state index is 14.2. The fraction of sp³-hybridized carbons (Fsp3) is 0.600. The van der Waals surface area contributed by atoms with Crippen molar-refractivity contribution in [1.29, 1.82) is 0 Å². The Morgan fingerprint density at radius 1 is 0.929 bits per heavy atom. The van der Waals surface area contributed by atoms with Crippen molar-refractivity contribution < 1.29 is 29.0 Å². The molecule has 0 aliphatic carbocycles. The summed E-state index contributed by atoms with van der Waals surface area (Å²) in [5.74, 6) is -2.30. The molecule has 0 aromatic carbocycles. The predicted octanol–water partition coefficient (Wildman–Crippen LogP) is 4.08. The second kappa shape index (κ2) is 12.8. The van der Waals surface area contributed by atoms with Crippen molar-refractivity contribution >= 4 is 23.7 Å². The molecule has 1 amide bonds. The number of halogens is 1. The van der Waals surface area contributed by atoms with E-state index in [1.165, 1.54) is 6.07 Å². The minimum absolute atomic E-state index is 0.0762. The highest BCUT2D eigenvalue weighted by molar-refractivity contribution is 5.90. The molecule has 0 unspecified atom stereocenters. The number of carbonyl (C=O) groups is 3. The lowest BCUT2D eigenvalue weighted by molar-refractivity contribution is -0.138. The first-order chi connectivity index (χ1) is 13.3.